The van der Waals surface area contributed by atoms with Gasteiger partial charge in [0.1, 0.15) is 23.4 Å². The van der Waals surface area contributed by atoms with Gasteiger partial charge in [-0.3, -0.25) is 14.6 Å². The molecule has 1 saturated heterocycles. The number of rotatable bonds is 6. The molecule has 5 rings (SSSR count). The van der Waals surface area contributed by atoms with Gasteiger partial charge in [0, 0.05) is 36.5 Å². The molecule has 7 nitrogen and oxygen atoms in total. The molecule has 2 atom stereocenters. The van der Waals surface area contributed by atoms with Gasteiger partial charge in [-0.05, 0) is 61.4 Å². The first-order valence-electron chi connectivity index (χ1n) is 11.7. The summed E-state index contributed by atoms with van der Waals surface area (Å²) in [6.07, 6.45) is 4.04. The number of likely N-dealkylation sites (tertiary alicyclic amines) is 1. The summed E-state index contributed by atoms with van der Waals surface area (Å²) in [7, 11) is 0. The fraction of sp³-hybridized carbons (Fsp3) is 0.250. The van der Waals surface area contributed by atoms with Crippen molar-refractivity contribution in [2.75, 3.05) is 6.61 Å². The Kier molecular flexibility index (Phi) is 5.99. The molecule has 1 aromatic heterocycles. The van der Waals surface area contributed by atoms with Gasteiger partial charge in [-0.1, -0.05) is 18.2 Å². The molecule has 1 N–H and O–H groups in total. The van der Waals surface area contributed by atoms with Gasteiger partial charge in [0.2, 0.25) is 0 Å². The third kappa shape index (κ3) is 4.14. The van der Waals surface area contributed by atoms with E-state index in [0.717, 1.165) is 16.9 Å². The number of ether oxygens (including phenoxy) is 2. The van der Waals surface area contributed by atoms with Crippen molar-refractivity contribution in [1.29, 1.82) is 0 Å². The average molecular weight is 471 g/mol. The Labute approximate surface area is 203 Å². The number of aliphatic hydroxyl groups excluding tert-OH is 1. The van der Waals surface area contributed by atoms with Gasteiger partial charge in [-0.2, -0.15) is 0 Å². The first-order valence-corrected chi connectivity index (χ1v) is 11.7. The molecule has 0 aliphatic carbocycles. The van der Waals surface area contributed by atoms with E-state index in [-0.39, 0.29) is 24.0 Å². The predicted molar refractivity (Wildman–Crippen MR) is 130 cm³/mol. The van der Waals surface area contributed by atoms with Crippen LogP contribution in [0.3, 0.4) is 0 Å². The van der Waals surface area contributed by atoms with E-state index in [0.29, 0.717) is 29.9 Å². The van der Waals surface area contributed by atoms with Crippen LogP contribution in [0.5, 0.6) is 11.5 Å². The SMILES string of the molecule is CCOc1ccccc1[C@@H]1C(=C(O)c2ccc3c(c2)C[C@H](C)O3)C(=O)C(=O)N1Cc1ccncc1. The van der Waals surface area contributed by atoms with Gasteiger partial charge in [0.15, 0.2) is 0 Å². The van der Waals surface area contributed by atoms with Crippen LogP contribution in [0.1, 0.15) is 42.1 Å². The highest BCUT2D eigenvalue weighted by Gasteiger charge is 2.47. The van der Waals surface area contributed by atoms with Crippen LogP contribution in [0.25, 0.3) is 5.76 Å². The van der Waals surface area contributed by atoms with Crippen molar-refractivity contribution in [1.82, 2.24) is 9.88 Å². The third-order valence-corrected chi connectivity index (χ3v) is 6.33. The maximum atomic E-state index is 13.4. The quantitative estimate of drug-likeness (QED) is 0.326. The number of aromatic nitrogens is 1. The van der Waals surface area contributed by atoms with Crippen LogP contribution in [0, 0.1) is 0 Å². The zero-order valence-corrected chi connectivity index (χ0v) is 19.6. The number of nitrogens with zero attached hydrogens (tertiary/aromatic N) is 2. The molecule has 178 valence electrons. The maximum Gasteiger partial charge on any atom is 0.295 e. The topological polar surface area (TPSA) is 89.0 Å². The number of pyridine rings is 1. The van der Waals surface area contributed by atoms with Crippen molar-refractivity contribution in [3.8, 4) is 11.5 Å². The minimum Gasteiger partial charge on any atom is -0.507 e. The molecule has 0 radical (unpaired) electrons. The van der Waals surface area contributed by atoms with E-state index < -0.39 is 17.7 Å². The Morgan fingerprint density at radius 3 is 2.69 bits per heavy atom. The summed E-state index contributed by atoms with van der Waals surface area (Å²) >= 11 is 0. The Balaban J connectivity index is 1.66. The van der Waals surface area contributed by atoms with Crippen molar-refractivity contribution in [3.63, 3.8) is 0 Å². The summed E-state index contributed by atoms with van der Waals surface area (Å²) in [5, 5.41) is 11.4. The highest BCUT2D eigenvalue weighted by molar-refractivity contribution is 6.46. The van der Waals surface area contributed by atoms with Crippen molar-refractivity contribution < 1.29 is 24.2 Å². The summed E-state index contributed by atoms with van der Waals surface area (Å²) in [5.41, 5.74) is 2.94. The highest BCUT2D eigenvalue weighted by atomic mass is 16.5. The van der Waals surface area contributed by atoms with Crippen LogP contribution in [0.2, 0.25) is 0 Å². The number of benzene rings is 2. The van der Waals surface area contributed by atoms with Gasteiger partial charge in [0.25, 0.3) is 11.7 Å². The largest absolute Gasteiger partial charge is 0.507 e. The number of hydrogen-bond acceptors (Lipinski definition) is 6. The lowest BCUT2D eigenvalue weighted by atomic mass is 9.93. The monoisotopic (exact) mass is 470 g/mol. The Hall–Kier alpha value is -4.13. The average Bonchev–Trinajstić information content (AvgIpc) is 3.36. The number of para-hydroxylation sites is 1. The standard InChI is InChI=1S/C28H26N2O5/c1-3-34-23-7-5-4-6-21(23)25-24(26(31)19-8-9-22-20(15-19)14-17(2)35-22)27(32)28(33)30(25)16-18-10-12-29-13-11-18/h4-13,15,17,25,31H,3,14,16H2,1-2H3/t17-,25+/m0/s1. The molecule has 1 fully saturated rings. The van der Waals surface area contributed by atoms with Gasteiger partial charge in [0.05, 0.1) is 18.2 Å². The predicted octanol–water partition coefficient (Wildman–Crippen LogP) is 4.43. The summed E-state index contributed by atoms with van der Waals surface area (Å²) in [6.45, 7) is 4.46. The first-order chi connectivity index (χ1) is 17.0. The number of hydrogen-bond donors (Lipinski definition) is 1. The van der Waals surface area contributed by atoms with Crippen molar-refractivity contribution in [2.45, 2.75) is 39.0 Å². The Morgan fingerprint density at radius 1 is 1.14 bits per heavy atom. The molecule has 0 saturated carbocycles. The van der Waals surface area contributed by atoms with Crippen molar-refractivity contribution in [2.24, 2.45) is 0 Å². The molecule has 35 heavy (non-hydrogen) atoms. The van der Waals surface area contributed by atoms with Crippen LogP contribution < -0.4 is 9.47 Å². The second kappa shape index (κ2) is 9.25. The molecule has 0 unspecified atom stereocenters. The van der Waals surface area contributed by atoms with Crippen molar-refractivity contribution in [3.05, 3.63) is 94.8 Å². The molecular formula is C28H26N2O5. The molecular weight excluding hydrogens is 444 g/mol. The normalized spacial score (nSPS) is 20.6. The molecule has 0 bridgehead atoms. The molecule has 1 amide bonds. The van der Waals surface area contributed by atoms with Crippen LogP contribution in [-0.2, 0) is 22.6 Å². The van der Waals surface area contributed by atoms with E-state index in [4.69, 9.17) is 9.47 Å². The Bertz CT molecular complexity index is 1320. The van der Waals surface area contributed by atoms with E-state index in [1.165, 1.54) is 4.90 Å². The second-order valence-electron chi connectivity index (χ2n) is 8.71. The van der Waals surface area contributed by atoms with Gasteiger partial charge >= 0.3 is 0 Å². The fourth-order valence-corrected chi connectivity index (χ4v) is 4.77. The van der Waals surface area contributed by atoms with E-state index in [1.54, 1.807) is 42.7 Å². The maximum absolute atomic E-state index is 13.4. The van der Waals surface area contributed by atoms with Crippen molar-refractivity contribution >= 4 is 17.4 Å². The van der Waals surface area contributed by atoms with Crippen LogP contribution in [0.15, 0.2) is 72.6 Å². The number of amides is 1. The summed E-state index contributed by atoms with van der Waals surface area (Å²) in [6, 6.07) is 15.4. The van der Waals surface area contributed by atoms with E-state index in [2.05, 4.69) is 4.98 Å². The van der Waals surface area contributed by atoms with Crippen LogP contribution in [-0.4, -0.2) is 39.4 Å². The summed E-state index contributed by atoms with van der Waals surface area (Å²) in [5.74, 6) is -0.274. The van der Waals surface area contributed by atoms with E-state index in [1.807, 2.05) is 38.1 Å². The van der Waals surface area contributed by atoms with Crippen LogP contribution in [0.4, 0.5) is 0 Å². The lowest BCUT2D eigenvalue weighted by molar-refractivity contribution is -0.140. The lowest BCUT2D eigenvalue weighted by Gasteiger charge is -2.27. The molecule has 3 heterocycles. The number of carbonyl (C=O) groups is 2. The molecule has 3 aromatic rings. The number of carbonyl (C=O) groups excluding carboxylic acids is 2. The highest BCUT2D eigenvalue weighted by Crippen LogP contribution is 2.44. The minimum absolute atomic E-state index is 0.0446. The molecule has 7 heteroatoms. The third-order valence-electron chi connectivity index (χ3n) is 6.33. The van der Waals surface area contributed by atoms with Gasteiger partial charge < -0.3 is 19.5 Å². The lowest BCUT2D eigenvalue weighted by Crippen LogP contribution is -2.29. The zero-order valence-electron chi connectivity index (χ0n) is 19.6. The minimum atomic E-state index is -0.811. The number of ketones is 1. The zero-order chi connectivity index (χ0) is 24.5. The Morgan fingerprint density at radius 2 is 1.91 bits per heavy atom. The summed E-state index contributed by atoms with van der Waals surface area (Å²) < 4.78 is 11.6. The molecule has 2 aromatic carbocycles. The molecule has 0 spiro atoms. The van der Waals surface area contributed by atoms with E-state index in [9.17, 15) is 14.7 Å². The van der Waals surface area contributed by atoms with E-state index >= 15 is 0 Å². The number of Topliss-reactive ketones (excluding diaryl/α,β-unsaturated/α-hetero) is 1. The summed E-state index contributed by atoms with van der Waals surface area (Å²) in [4.78, 5) is 32.2. The number of fused-ring (bicyclic) bond motifs is 1. The smallest absolute Gasteiger partial charge is 0.295 e. The first kappa shape index (κ1) is 22.7. The molecule has 2 aliphatic rings. The number of aliphatic hydroxyl groups is 1. The second-order valence-corrected chi connectivity index (χ2v) is 8.71. The van der Waals surface area contributed by atoms with Gasteiger partial charge in [-0.15, -0.1) is 0 Å². The van der Waals surface area contributed by atoms with Gasteiger partial charge in [-0.25, -0.2) is 0 Å². The fourth-order valence-electron chi connectivity index (χ4n) is 4.77. The molecule has 2 aliphatic heterocycles. The van der Waals surface area contributed by atoms with Crippen LogP contribution >= 0.6 is 0 Å².